The zero-order valence-electron chi connectivity index (χ0n) is 22.2. The minimum absolute atomic E-state index is 0.0493. The fourth-order valence-corrected chi connectivity index (χ4v) is 4.14. The van der Waals surface area contributed by atoms with E-state index in [1.165, 1.54) is 6.07 Å². The molecule has 3 aliphatic heterocycles. The standard InChI is InChI=1S/C25H25N3O6/c29-22-9-8-20(24(31)26-22)28-13-19-18(25(28)32)2-1-3-21(19)34-14-17-6-4-16(5-7-17)12-27-10-11-33-15-23(27)30/h1-7,20H,8-15H2,(H,26,29,31)/i8D2,9D2. The van der Waals surface area contributed by atoms with Crippen molar-refractivity contribution in [3.63, 3.8) is 0 Å². The van der Waals surface area contributed by atoms with Crippen LogP contribution in [-0.4, -0.2) is 59.2 Å². The number of morpholine rings is 1. The molecule has 4 amide bonds. The van der Waals surface area contributed by atoms with Gasteiger partial charge in [0.1, 0.15) is 25.0 Å². The number of nitrogens with one attached hydrogen (secondary N) is 1. The summed E-state index contributed by atoms with van der Waals surface area (Å²) < 4.78 is 43.3. The first-order valence-corrected chi connectivity index (χ1v) is 10.8. The smallest absolute Gasteiger partial charge is 0.255 e. The van der Waals surface area contributed by atoms with E-state index >= 15 is 0 Å². The van der Waals surface area contributed by atoms with Crippen LogP contribution in [-0.2, 0) is 38.8 Å². The van der Waals surface area contributed by atoms with Crippen molar-refractivity contribution in [1.29, 1.82) is 0 Å². The van der Waals surface area contributed by atoms with Crippen LogP contribution in [0.2, 0.25) is 0 Å². The van der Waals surface area contributed by atoms with Crippen LogP contribution in [0.1, 0.15) is 45.3 Å². The van der Waals surface area contributed by atoms with E-state index in [-0.39, 0.29) is 31.2 Å². The molecule has 2 saturated heterocycles. The van der Waals surface area contributed by atoms with Gasteiger partial charge in [-0.25, -0.2) is 0 Å². The normalized spacial score (nSPS) is 25.1. The maximum absolute atomic E-state index is 13.2. The number of hydrogen-bond acceptors (Lipinski definition) is 6. The number of ether oxygens (including phenoxy) is 2. The number of piperidine rings is 1. The first-order chi connectivity index (χ1) is 18.0. The average Bonchev–Trinajstić information content (AvgIpc) is 3.20. The van der Waals surface area contributed by atoms with Gasteiger partial charge in [0.05, 0.1) is 13.2 Å². The van der Waals surface area contributed by atoms with Crippen molar-refractivity contribution in [1.82, 2.24) is 15.1 Å². The third-order valence-electron chi connectivity index (χ3n) is 5.95. The van der Waals surface area contributed by atoms with Gasteiger partial charge in [0, 0.05) is 36.1 Å². The predicted octanol–water partition coefficient (Wildman–Crippen LogP) is 1.39. The Morgan fingerprint density at radius 2 is 1.88 bits per heavy atom. The van der Waals surface area contributed by atoms with Gasteiger partial charge in [-0.1, -0.05) is 30.3 Å². The summed E-state index contributed by atoms with van der Waals surface area (Å²) in [7, 11) is 0. The summed E-state index contributed by atoms with van der Waals surface area (Å²) in [5, 5.41) is 1.85. The summed E-state index contributed by atoms with van der Waals surface area (Å²) in [6.45, 7) is 1.62. The Kier molecular flexibility index (Phi) is 4.83. The second-order valence-corrected chi connectivity index (χ2v) is 8.18. The van der Waals surface area contributed by atoms with Crippen LogP contribution in [0.25, 0.3) is 0 Å². The molecule has 176 valence electrons. The summed E-state index contributed by atoms with van der Waals surface area (Å²) in [4.78, 5) is 52.3. The van der Waals surface area contributed by atoms with E-state index in [4.69, 9.17) is 15.0 Å². The topological polar surface area (TPSA) is 105 Å². The molecule has 0 bridgehead atoms. The number of rotatable bonds is 6. The summed E-state index contributed by atoms with van der Waals surface area (Å²) >= 11 is 0. The molecule has 2 aromatic rings. The van der Waals surface area contributed by atoms with E-state index in [9.17, 15) is 19.2 Å². The van der Waals surface area contributed by atoms with Crippen LogP contribution >= 0.6 is 0 Å². The van der Waals surface area contributed by atoms with Gasteiger partial charge in [-0.15, -0.1) is 0 Å². The van der Waals surface area contributed by atoms with Gasteiger partial charge in [-0.3, -0.25) is 24.5 Å². The van der Waals surface area contributed by atoms with Gasteiger partial charge in [-0.2, -0.15) is 0 Å². The number of nitrogens with zero attached hydrogens (tertiary/aromatic N) is 2. The zero-order chi connectivity index (χ0) is 27.2. The van der Waals surface area contributed by atoms with Gasteiger partial charge in [-0.05, 0) is 29.6 Å². The molecule has 0 spiro atoms. The number of benzene rings is 2. The number of amides is 4. The molecule has 2 aromatic carbocycles. The Morgan fingerprint density at radius 1 is 1.09 bits per heavy atom. The van der Waals surface area contributed by atoms with Crippen LogP contribution in [0.4, 0.5) is 0 Å². The van der Waals surface area contributed by atoms with E-state index in [1.807, 2.05) is 29.6 Å². The lowest BCUT2D eigenvalue weighted by molar-refractivity contribution is -0.143. The maximum Gasteiger partial charge on any atom is 0.255 e. The molecular weight excluding hydrogens is 438 g/mol. The van der Waals surface area contributed by atoms with E-state index in [0.29, 0.717) is 31.0 Å². The molecule has 9 heteroatoms. The summed E-state index contributed by atoms with van der Waals surface area (Å²) in [6, 6.07) is 10.5. The molecule has 1 atom stereocenters. The molecule has 34 heavy (non-hydrogen) atoms. The van der Waals surface area contributed by atoms with Crippen molar-refractivity contribution in [2.75, 3.05) is 19.8 Å². The second kappa shape index (κ2) is 9.26. The summed E-state index contributed by atoms with van der Waals surface area (Å²) in [5.74, 6) is -2.78. The van der Waals surface area contributed by atoms with Gasteiger partial charge >= 0.3 is 0 Å². The Hall–Kier alpha value is -3.72. The van der Waals surface area contributed by atoms with E-state index in [2.05, 4.69) is 0 Å². The number of fused-ring (bicyclic) bond motifs is 1. The van der Waals surface area contributed by atoms with Crippen molar-refractivity contribution in [3.05, 3.63) is 64.7 Å². The molecule has 0 aliphatic carbocycles. The number of carbonyl (C=O) groups is 4. The highest BCUT2D eigenvalue weighted by atomic mass is 16.5. The molecule has 2 fully saturated rings. The lowest BCUT2D eigenvalue weighted by Gasteiger charge is -2.29. The highest BCUT2D eigenvalue weighted by Crippen LogP contribution is 2.34. The maximum atomic E-state index is 13.2. The largest absolute Gasteiger partial charge is 0.489 e. The van der Waals surface area contributed by atoms with E-state index < -0.39 is 36.5 Å². The minimum atomic E-state index is -3.01. The first kappa shape index (κ1) is 17.7. The van der Waals surface area contributed by atoms with Crippen LogP contribution < -0.4 is 10.1 Å². The molecule has 1 unspecified atom stereocenters. The summed E-state index contributed by atoms with van der Waals surface area (Å²) in [6.07, 6.45) is -5.96. The Bertz CT molecular complexity index is 1320. The zero-order valence-corrected chi connectivity index (χ0v) is 18.2. The molecule has 3 aliphatic rings. The predicted molar refractivity (Wildman–Crippen MR) is 119 cm³/mol. The quantitative estimate of drug-likeness (QED) is 0.644. The van der Waals surface area contributed by atoms with Crippen molar-refractivity contribution in [2.45, 2.75) is 38.5 Å². The highest BCUT2D eigenvalue weighted by molar-refractivity contribution is 6.05. The molecule has 0 saturated carbocycles. The van der Waals surface area contributed by atoms with Gasteiger partial charge < -0.3 is 19.3 Å². The third-order valence-corrected chi connectivity index (χ3v) is 5.95. The molecule has 1 N–H and O–H groups in total. The molecule has 3 heterocycles. The van der Waals surface area contributed by atoms with Crippen LogP contribution in [0.3, 0.4) is 0 Å². The van der Waals surface area contributed by atoms with Crippen LogP contribution in [0, 0.1) is 0 Å². The van der Waals surface area contributed by atoms with Crippen molar-refractivity contribution < 1.29 is 34.1 Å². The van der Waals surface area contributed by atoms with Crippen LogP contribution in [0.5, 0.6) is 5.75 Å². The first-order valence-electron chi connectivity index (χ1n) is 12.8. The van der Waals surface area contributed by atoms with Gasteiger partial charge in [0.2, 0.25) is 17.7 Å². The molecule has 9 nitrogen and oxygen atoms in total. The Balaban J connectivity index is 1.29. The van der Waals surface area contributed by atoms with Crippen molar-refractivity contribution >= 4 is 23.6 Å². The van der Waals surface area contributed by atoms with E-state index in [1.54, 1.807) is 17.0 Å². The van der Waals surface area contributed by atoms with Crippen molar-refractivity contribution in [2.24, 2.45) is 0 Å². The fraction of sp³-hybridized carbons (Fsp3) is 0.360. The highest BCUT2D eigenvalue weighted by Gasteiger charge is 2.40. The third kappa shape index (κ3) is 4.38. The van der Waals surface area contributed by atoms with Crippen molar-refractivity contribution in [3.8, 4) is 5.75 Å². The number of hydrogen-bond donors (Lipinski definition) is 1. The number of carbonyl (C=O) groups excluding carboxylic acids is 4. The van der Waals surface area contributed by atoms with Gasteiger partial charge in [0.15, 0.2) is 0 Å². The minimum Gasteiger partial charge on any atom is -0.489 e. The molecule has 0 radical (unpaired) electrons. The van der Waals surface area contributed by atoms with Crippen LogP contribution in [0.15, 0.2) is 42.5 Å². The van der Waals surface area contributed by atoms with E-state index in [0.717, 1.165) is 16.0 Å². The lowest BCUT2D eigenvalue weighted by Crippen LogP contribution is -2.52. The van der Waals surface area contributed by atoms with Gasteiger partial charge in [0.25, 0.3) is 5.91 Å². The monoisotopic (exact) mass is 467 g/mol. The fourth-order valence-electron chi connectivity index (χ4n) is 4.14. The number of imide groups is 1. The SMILES string of the molecule is [2H]C1([2H])C(=O)NC(=O)C(N2Cc3c(OCc4ccc(CN5CCOCC5=O)cc4)cccc3C2=O)C1([2H])[2H]. The molecule has 0 aromatic heterocycles. The summed E-state index contributed by atoms with van der Waals surface area (Å²) in [5.41, 5.74) is 2.47. The second-order valence-electron chi connectivity index (χ2n) is 8.18. The lowest BCUT2D eigenvalue weighted by atomic mass is 10.0. The average molecular weight is 468 g/mol. The Morgan fingerprint density at radius 3 is 2.68 bits per heavy atom. The molecular formula is C25H25N3O6. The molecule has 5 rings (SSSR count). The Labute approximate surface area is 202 Å².